The third-order valence-electron chi connectivity index (χ3n) is 6.89. The Morgan fingerprint density at radius 1 is 1.10 bits per heavy atom. The van der Waals surface area contributed by atoms with Crippen molar-refractivity contribution >= 4 is 42.6 Å². The molecule has 1 saturated carbocycles. The monoisotopic (exact) mass is 662 g/mol. The third kappa shape index (κ3) is 5.64. The molecule has 9 nitrogen and oxygen atoms in total. The Morgan fingerprint density at radius 3 is 2.62 bits per heavy atom. The quantitative estimate of drug-likeness (QED) is 0.267. The fourth-order valence-corrected chi connectivity index (χ4v) is 6.72. The standard InChI is InChI=1S/C28H22BrF3N4O5S/c29-18-9-16(10-23-26(18)40-8-7-24(30)42(23,38)39)27(37)34-13-17-11-21-15(12-33-17)3-4-19(35-21)20-5-6-22(41-28(31)32)25(36-20)14-1-2-14/h3-6,9-12,14,24,28H,1-2,7-8,13H2,(H,34,37)/t24-/m1/s1. The number of amides is 1. The van der Waals surface area contributed by atoms with Crippen molar-refractivity contribution in [2.45, 2.75) is 48.7 Å². The van der Waals surface area contributed by atoms with Gasteiger partial charge in [0.05, 0.1) is 45.9 Å². The average Bonchev–Trinajstić information content (AvgIpc) is 3.82. The van der Waals surface area contributed by atoms with E-state index in [0.29, 0.717) is 28.3 Å². The van der Waals surface area contributed by atoms with E-state index >= 15 is 0 Å². The van der Waals surface area contributed by atoms with Gasteiger partial charge in [0.1, 0.15) is 10.6 Å². The minimum Gasteiger partial charge on any atom is -0.491 e. The van der Waals surface area contributed by atoms with E-state index in [9.17, 15) is 26.4 Å². The summed E-state index contributed by atoms with van der Waals surface area (Å²) < 4.78 is 75.5. The van der Waals surface area contributed by atoms with Crippen LogP contribution in [-0.2, 0) is 16.4 Å². The number of nitrogens with zero attached hydrogens (tertiary/aromatic N) is 3. The smallest absolute Gasteiger partial charge is 0.387 e. The van der Waals surface area contributed by atoms with Crippen molar-refractivity contribution < 1.29 is 35.9 Å². The average molecular weight is 663 g/mol. The number of carbonyl (C=O) groups is 1. The Kier molecular flexibility index (Phi) is 7.51. The number of benzene rings is 1. The predicted molar refractivity (Wildman–Crippen MR) is 149 cm³/mol. The molecular formula is C28H22BrF3N4O5S. The first-order chi connectivity index (χ1) is 20.1. The highest BCUT2D eigenvalue weighted by atomic mass is 79.9. The fraction of sp³-hybridized carbons (Fsp3) is 0.286. The lowest BCUT2D eigenvalue weighted by atomic mass is 10.1. The number of ether oxygens (including phenoxy) is 2. The van der Waals surface area contributed by atoms with Crippen LogP contribution in [0.25, 0.3) is 22.3 Å². The van der Waals surface area contributed by atoms with E-state index < -0.39 is 27.9 Å². The highest BCUT2D eigenvalue weighted by Crippen LogP contribution is 2.44. The molecule has 14 heteroatoms. The summed E-state index contributed by atoms with van der Waals surface area (Å²) in [4.78, 5) is 26.2. The second-order valence-corrected chi connectivity index (χ2v) is 12.8. The second-order valence-electron chi connectivity index (χ2n) is 9.86. The number of carbonyl (C=O) groups excluding carboxylic acids is 1. The van der Waals surface area contributed by atoms with Crippen molar-refractivity contribution in [2.24, 2.45) is 0 Å². The Morgan fingerprint density at radius 2 is 1.86 bits per heavy atom. The largest absolute Gasteiger partial charge is 0.491 e. The lowest BCUT2D eigenvalue weighted by molar-refractivity contribution is -0.0507. The summed E-state index contributed by atoms with van der Waals surface area (Å²) in [7, 11) is -4.33. The summed E-state index contributed by atoms with van der Waals surface area (Å²) in [6, 6.07) is 10.8. The molecular weight excluding hydrogens is 641 g/mol. The summed E-state index contributed by atoms with van der Waals surface area (Å²) in [5, 5.41) is 3.43. The van der Waals surface area contributed by atoms with Crippen LogP contribution in [0.3, 0.4) is 0 Å². The molecule has 0 saturated heterocycles. The number of hydrogen-bond acceptors (Lipinski definition) is 8. The van der Waals surface area contributed by atoms with Crippen LogP contribution in [0.4, 0.5) is 13.2 Å². The van der Waals surface area contributed by atoms with E-state index in [1.807, 2.05) is 6.07 Å². The number of pyridine rings is 3. The number of fused-ring (bicyclic) bond motifs is 2. The summed E-state index contributed by atoms with van der Waals surface area (Å²) in [6.45, 7) is -3.06. The number of rotatable bonds is 7. The van der Waals surface area contributed by atoms with Crippen molar-refractivity contribution in [3.63, 3.8) is 0 Å². The van der Waals surface area contributed by atoms with Gasteiger partial charge >= 0.3 is 6.61 Å². The first-order valence-electron chi connectivity index (χ1n) is 12.9. The van der Waals surface area contributed by atoms with Crippen LogP contribution >= 0.6 is 15.9 Å². The van der Waals surface area contributed by atoms with Gasteiger partial charge in [0, 0.05) is 29.5 Å². The highest BCUT2D eigenvalue weighted by Gasteiger charge is 2.35. The molecule has 218 valence electrons. The van der Waals surface area contributed by atoms with Gasteiger partial charge in [0.15, 0.2) is 5.75 Å². The van der Waals surface area contributed by atoms with Crippen molar-refractivity contribution in [2.75, 3.05) is 6.61 Å². The van der Waals surface area contributed by atoms with E-state index in [2.05, 4.69) is 40.9 Å². The van der Waals surface area contributed by atoms with E-state index in [4.69, 9.17) is 4.74 Å². The third-order valence-corrected chi connectivity index (χ3v) is 9.31. The topological polar surface area (TPSA) is 120 Å². The molecule has 1 fully saturated rings. The molecule has 4 aromatic rings. The molecule has 1 aliphatic heterocycles. The first kappa shape index (κ1) is 28.3. The molecule has 2 aliphatic rings. The number of nitrogens with one attached hydrogen (secondary N) is 1. The van der Waals surface area contributed by atoms with Gasteiger partial charge in [-0.25, -0.2) is 22.8 Å². The van der Waals surface area contributed by atoms with Crippen LogP contribution in [-0.4, -0.2) is 48.0 Å². The Balaban J connectivity index is 1.23. The van der Waals surface area contributed by atoms with Gasteiger partial charge in [-0.05, 0) is 71.2 Å². The van der Waals surface area contributed by atoms with E-state index in [-0.39, 0.29) is 51.9 Å². The van der Waals surface area contributed by atoms with Crippen LogP contribution in [0.5, 0.6) is 11.5 Å². The molecule has 0 bridgehead atoms. The SMILES string of the molecule is O=C(NCc1cc2nc(-c3ccc(OC(F)F)c(C4CC4)n3)ccc2cn1)c1cc(Br)c2c(c1)S(=O)(=O)[C@@H](F)CCO2. The summed E-state index contributed by atoms with van der Waals surface area (Å²) in [5.74, 6) is -0.486. The fourth-order valence-electron chi connectivity index (χ4n) is 4.62. The predicted octanol–water partition coefficient (Wildman–Crippen LogP) is 5.71. The number of halogens is 4. The molecule has 42 heavy (non-hydrogen) atoms. The van der Waals surface area contributed by atoms with Crippen molar-refractivity contribution in [3.8, 4) is 22.9 Å². The van der Waals surface area contributed by atoms with E-state index in [1.54, 1.807) is 24.4 Å². The number of aromatic nitrogens is 3. The van der Waals surface area contributed by atoms with E-state index in [0.717, 1.165) is 24.3 Å². The van der Waals surface area contributed by atoms with E-state index in [1.165, 1.54) is 12.1 Å². The van der Waals surface area contributed by atoms with Crippen molar-refractivity contribution in [1.29, 1.82) is 0 Å². The maximum atomic E-state index is 14.3. The number of sulfone groups is 1. The maximum absolute atomic E-state index is 14.3. The Bertz CT molecular complexity index is 1820. The van der Waals surface area contributed by atoms with Crippen LogP contribution in [0.15, 0.2) is 58.0 Å². The lowest BCUT2D eigenvalue weighted by Crippen LogP contribution is -2.24. The molecule has 0 unspecified atom stereocenters. The highest BCUT2D eigenvalue weighted by molar-refractivity contribution is 9.10. The lowest BCUT2D eigenvalue weighted by Gasteiger charge is -2.13. The Labute approximate surface area is 246 Å². The van der Waals surface area contributed by atoms with Crippen LogP contribution in [0.1, 0.15) is 46.9 Å². The van der Waals surface area contributed by atoms with Crippen LogP contribution < -0.4 is 14.8 Å². The van der Waals surface area contributed by atoms with Gasteiger partial charge in [0.2, 0.25) is 15.3 Å². The van der Waals surface area contributed by atoms with Gasteiger partial charge in [-0.2, -0.15) is 8.78 Å². The number of alkyl halides is 3. The molecule has 4 heterocycles. The van der Waals surface area contributed by atoms with Gasteiger partial charge in [-0.3, -0.25) is 9.78 Å². The van der Waals surface area contributed by atoms with Crippen molar-refractivity contribution in [3.05, 3.63) is 70.1 Å². The van der Waals surface area contributed by atoms with Gasteiger partial charge in [-0.1, -0.05) is 0 Å². The Hall–Kier alpha value is -3.78. The van der Waals surface area contributed by atoms with Gasteiger partial charge in [0.25, 0.3) is 5.91 Å². The molecule has 3 aromatic heterocycles. The molecule has 1 amide bonds. The van der Waals surface area contributed by atoms with Crippen molar-refractivity contribution in [1.82, 2.24) is 20.3 Å². The molecule has 0 radical (unpaired) electrons. The maximum Gasteiger partial charge on any atom is 0.387 e. The minimum atomic E-state index is -4.33. The summed E-state index contributed by atoms with van der Waals surface area (Å²) in [5.41, 5.74) is 0.427. The second kappa shape index (κ2) is 11.1. The van der Waals surface area contributed by atoms with Crippen LogP contribution in [0, 0.1) is 0 Å². The zero-order chi connectivity index (χ0) is 29.6. The van der Waals surface area contributed by atoms with Gasteiger partial charge < -0.3 is 14.8 Å². The van der Waals surface area contributed by atoms with Gasteiger partial charge in [-0.15, -0.1) is 0 Å². The molecule has 1 N–H and O–H groups in total. The zero-order valence-corrected chi connectivity index (χ0v) is 24.1. The number of hydrogen-bond donors (Lipinski definition) is 1. The molecule has 6 rings (SSSR count). The summed E-state index contributed by atoms with van der Waals surface area (Å²) >= 11 is 3.23. The minimum absolute atomic E-state index is 0.0000834. The zero-order valence-electron chi connectivity index (χ0n) is 21.7. The molecule has 1 aromatic carbocycles. The van der Waals surface area contributed by atoms with Crippen LogP contribution in [0.2, 0.25) is 0 Å². The first-order valence-corrected chi connectivity index (χ1v) is 15.3. The molecule has 0 spiro atoms. The normalized spacial score (nSPS) is 17.8. The molecule has 1 atom stereocenters. The molecule has 1 aliphatic carbocycles. The summed E-state index contributed by atoms with van der Waals surface area (Å²) in [6.07, 6.45) is 2.99.